The highest BCUT2D eigenvalue weighted by Gasteiger charge is 1.83. The van der Waals surface area contributed by atoms with E-state index in [-0.39, 0.29) is 5.56 Å². The minimum atomic E-state index is 0.000556. The van der Waals surface area contributed by atoms with Crippen LogP contribution in [0.25, 0.3) is 6.20 Å². The van der Waals surface area contributed by atoms with Crippen LogP contribution >= 0.6 is 0 Å². The van der Waals surface area contributed by atoms with Crippen LogP contribution in [0.3, 0.4) is 0 Å². The number of allylic oxidation sites excluding steroid dienone is 1. The SMILES string of the molecule is C/C=C\n1ccccc1=O. The first-order chi connectivity index (χ1) is 4.84. The van der Waals surface area contributed by atoms with Crippen molar-refractivity contribution in [2.75, 3.05) is 0 Å². The molecule has 0 radical (unpaired) electrons. The van der Waals surface area contributed by atoms with Gasteiger partial charge < -0.3 is 0 Å². The fourth-order valence-electron chi connectivity index (χ4n) is 0.724. The van der Waals surface area contributed by atoms with Crippen molar-refractivity contribution in [3.05, 3.63) is 40.8 Å². The van der Waals surface area contributed by atoms with Gasteiger partial charge in [0, 0.05) is 18.5 Å². The van der Waals surface area contributed by atoms with Crippen LogP contribution < -0.4 is 5.56 Å². The van der Waals surface area contributed by atoms with E-state index in [4.69, 9.17) is 0 Å². The van der Waals surface area contributed by atoms with Crippen LogP contribution in [0.4, 0.5) is 0 Å². The van der Waals surface area contributed by atoms with Crippen LogP contribution in [0, 0.1) is 0 Å². The van der Waals surface area contributed by atoms with E-state index < -0.39 is 0 Å². The second-order valence-corrected chi connectivity index (χ2v) is 1.93. The summed E-state index contributed by atoms with van der Waals surface area (Å²) in [5, 5.41) is 0. The molecule has 2 nitrogen and oxygen atoms in total. The van der Waals surface area contributed by atoms with Gasteiger partial charge in [0.15, 0.2) is 0 Å². The highest BCUT2D eigenvalue weighted by molar-refractivity contribution is 5.21. The van der Waals surface area contributed by atoms with Crippen molar-refractivity contribution in [1.29, 1.82) is 0 Å². The molecule has 0 saturated carbocycles. The zero-order valence-electron chi connectivity index (χ0n) is 5.82. The van der Waals surface area contributed by atoms with Gasteiger partial charge in [-0.2, -0.15) is 0 Å². The molecule has 1 aromatic heterocycles. The summed E-state index contributed by atoms with van der Waals surface area (Å²) in [5.41, 5.74) is 0.000556. The second-order valence-electron chi connectivity index (χ2n) is 1.93. The minimum absolute atomic E-state index is 0.000556. The summed E-state index contributed by atoms with van der Waals surface area (Å²) >= 11 is 0. The number of nitrogens with zero attached hydrogens (tertiary/aromatic N) is 1. The van der Waals surface area contributed by atoms with Gasteiger partial charge in [-0.25, -0.2) is 0 Å². The maximum Gasteiger partial charge on any atom is 0.254 e. The van der Waals surface area contributed by atoms with Crippen LogP contribution in [0.15, 0.2) is 35.3 Å². The molecule has 0 N–H and O–H groups in total. The van der Waals surface area contributed by atoms with E-state index >= 15 is 0 Å². The Hall–Kier alpha value is -1.31. The van der Waals surface area contributed by atoms with Crippen LogP contribution in [0.5, 0.6) is 0 Å². The van der Waals surface area contributed by atoms with Crippen molar-refractivity contribution in [1.82, 2.24) is 4.57 Å². The number of rotatable bonds is 1. The summed E-state index contributed by atoms with van der Waals surface area (Å²) < 4.78 is 1.53. The maximum atomic E-state index is 10.9. The molecule has 1 rings (SSSR count). The molecule has 2 heteroatoms. The molecule has 10 heavy (non-hydrogen) atoms. The molecule has 52 valence electrons. The molecule has 0 aliphatic carbocycles. The summed E-state index contributed by atoms with van der Waals surface area (Å²) in [7, 11) is 0. The van der Waals surface area contributed by atoms with Gasteiger partial charge in [0.05, 0.1) is 0 Å². The average molecular weight is 135 g/mol. The third kappa shape index (κ3) is 1.35. The van der Waals surface area contributed by atoms with Crippen molar-refractivity contribution < 1.29 is 0 Å². The van der Waals surface area contributed by atoms with Gasteiger partial charge in [0.1, 0.15) is 0 Å². The van der Waals surface area contributed by atoms with Crippen molar-refractivity contribution in [3.8, 4) is 0 Å². The monoisotopic (exact) mass is 135 g/mol. The first-order valence-corrected chi connectivity index (χ1v) is 3.14. The molecular weight excluding hydrogens is 126 g/mol. The van der Waals surface area contributed by atoms with Crippen molar-refractivity contribution in [3.63, 3.8) is 0 Å². The summed E-state index contributed by atoms with van der Waals surface area (Å²) in [6.45, 7) is 1.87. The summed E-state index contributed by atoms with van der Waals surface area (Å²) in [6.07, 6.45) is 5.27. The zero-order valence-corrected chi connectivity index (χ0v) is 5.82. The molecule has 0 unspecified atom stereocenters. The van der Waals surface area contributed by atoms with E-state index in [9.17, 15) is 4.79 Å². The van der Waals surface area contributed by atoms with E-state index in [1.807, 2.05) is 19.1 Å². The standard InChI is InChI=1S/C8H9NO/c1-2-6-9-7-4-3-5-8(9)10/h2-7H,1H3/b6-2-. The maximum absolute atomic E-state index is 10.9. The largest absolute Gasteiger partial charge is 0.291 e. The first kappa shape index (κ1) is 6.81. The van der Waals surface area contributed by atoms with Crippen molar-refractivity contribution >= 4 is 6.20 Å². The Labute approximate surface area is 59.4 Å². The quantitative estimate of drug-likeness (QED) is 0.569. The minimum Gasteiger partial charge on any atom is -0.291 e. The predicted octanol–water partition coefficient (Wildman–Crippen LogP) is 1.34. The molecule has 0 amide bonds. The van der Waals surface area contributed by atoms with Gasteiger partial charge >= 0.3 is 0 Å². The first-order valence-electron chi connectivity index (χ1n) is 3.14. The van der Waals surface area contributed by atoms with Gasteiger partial charge in [-0.1, -0.05) is 12.1 Å². The van der Waals surface area contributed by atoms with E-state index in [0.717, 1.165) is 0 Å². The number of aromatic nitrogens is 1. The lowest BCUT2D eigenvalue weighted by Crippen LogP contribution is -2.11. The number of hydrogen-bond acceptors (Lipinski definition) is 1. The van der Waals surface area contributed by atoms with Crippen LogP contribution in [-0.2, 0) is 0 Å². The molecule has 0 atom stereocenters. The molecule has 0 aliphatic rings. The van der Waals surface area contributed by atoms with Gasteiger partial charge in [-0.15, -0.1) is 0 Å². The van der Waals surface area contributed by atoms with E-state index in [1.165, 1.54) is 10.6 Å². The molecule has 1 aromatic rings. The highest BCUT2D eigenvalue weighted by atomic mass is 16.1. The lowest BCUT2D eigenvalue weighted by atomic mass is 10.5. The number of pyridine rings is 1. The zero-order chi connectivity index (χ0) is 7.40. The summed E-state index contributed by atoms with van der Waals surface area (Å²) in [5.74, 6) is 0. The molecule has 0 saturated heterocycles. The smallest absolute Gasteiger partial charge is 0.254 e. The molecule has 0 aliphatic heterocycles. The Kier molecular flexibility index (Phi) is 2.05. The Morgan fingerprint density at radius 2 is 2.30 bits per heavy atom. The Balaban J connectivity index is 3.16. The topological polar surface area (TPSA) is 22.0 Å². The lowest BCUT2D eigenvalue weighted by Gasteiger charge is -1.92. The van der Waals surface area contributed by atoms with Gasteiger partial charge in [0.2, 0.25) is 0 Å². The third-order valence-corrected chi connectivity index (χ3v) is 1.16. The summed E-state index contributed by atoms with van der Waals surface area (Å²) in [6, 6.07) is 5.07. The highest BCUT2D eigenvalue weighted by Crippen LogP contribution is 1.81. The normalized spacial score (nSPS) is 10.5. The van der Waals surface area contributed by atoms with Crippen LogP contribution in [0.2, 0.25) is 0 Å². The summed E-state index contributed by atoms with van der Waals surface area (Å²) in [4.78, 5) is 10.9. The Bertz CT molecular complexity index is 285. The van der Waals surface area contributed by atoms with Gasteiger partial charge in [0.25, 0.3) is 5.56 Å². The fraction of sp³-hybridized carbons (Fsp3) is 0.125. The molecule has 0 spiro atoms. The second kappa shape index (κ2) is 3.01. The fourth-order valence-corrected chi connectivity index (χ4v) is 0.724. The molecule has 1 heterocycles. The molecule has 0 bridgehead atoms. The van der Waals surface area contributed by atoms with E-state index in [2.05, 4.69) is 0 Å². The Morgan fingerprint density at radius 3 is 2.90 bits per heavy atom. The Morgan fingerprint density at radius 1 is 1.50 bits per heavy atom. The van der Waals surface area contributed by atoms with Gasteiger partial charge in [-0.05, 0) is 13.0 Å². The van der Waals surface area contributed by atoms with Crippen LogP contribution in [-0.4, -0.2) is 4.57 Å². The molecule has 0 aromatic carbocycles. The molecular formula is C8H9NO. The number of hydrogen-bond donors (Lipinski definition) is 0. The molecule has 0 fully saturated rings. The van der Waals surface area contributed by atoms with E-state index in [1.54, 1.807) is 18.5 Å². The lowest BCUT2D eigenvalue weighted by molar-refractivity contribution is 1.06. The van der Waals surface area contributed by atoms with E-state index in [0.29, 0.717) is 0 Å². The van der Waals surface area contributed by atoms with Crippen molar-refractivity contribution in [2.45, 2.75) is 6.92 Å². The predicted molar refractivity (Wildman–Crippen MR) is 41.7 cm³/mol. The average Bonchev–Trinajstić information content (AvgIpc) is 1.94. The van der Waals surface area contributed by atoms with Crippen LogP contribution in [0.1, 0.15) is 6.92 Å². The van der Waals surface area contributed by atoms with Crippen molar-refractivity contribution in [2.24, 2.45) is 0 Å². The van der Waals surface area contributed by atoms with Gasteiger partial charge in [-0.3, -0.25) is 9.36 Å². The third-order valence-electron chi connectivity index (χ3n) is 1.16.